The number of rotatable bonds is 4. The number of nitro groups is 1. The molecule has 2 fully saturated rings. The topological polar surface area (TPSA) is 66.7 Å². The van der Waals surface area contributed by atoms with Crippen molar-refractivity contribution >= 4 is 23.4 Å². The first kappa shape index (κ1) is 18.2. The highest BCUT2D eigenvalue weighted by Gasteiger charge is 2.30. The van der Waals surface area contributed by atoms with Gasteiger partial charge in [0.2, 0.25) is 0 Å². The lowest BCUT2D eigenvalue weighted by molar-refractivity contribution is -0.385. The van der Waals surface area contributed by atoms with Crippen molar-refractivity contribution in [3.8, 4) is 0 Å². The third kappa shape index (κ3) is 4.15. The van der Waals surface area contributed by atoms with E-state index in [2.05, 4.69) is 4.90 Å². The molecule has 1 atom stereocenters. The van der Waals surface area contributed by atoms with Crippen molar-refractivity contribution < 1.29 is 9.72 Å². The zero-order chi connectivity index (χ0) is 17.8. The number of nitro benzene ring substituents is 1. The van der Waals surface area contributed by atoms with Crippen LogP contribution in [0.4, 0.5) is 5.69 Å². The quantitative estimate of drug-likeness (QED) is 0.608. The predicted molar refractivity (Wildman–Crippen MR) is 100 cm³/mol. The van der Waals surface area contributed by atoms with E-state index in [0.717, 1.165) is 44.1 Å². The number of hydrogen-bond donors (Lipinski definition) is 0. The van der Waals surface area contributed by atoms with Crippen molar-refractivity contribution in [2.45, 2.75) is 32.2 Å². The van der Waals surface area contributed by atoms with Crippen LogP contribution in [0.25, 0.3) is 0 Å². The fourth-order valence-electron chi connectivity index (χ4n) is 3.72. The fourth-order valence-corrected chi connectivity index (χ4v) is 4.78. The van der Waals surface area contributed by atoms with Crippen molar-refractivity contribution in [2.24, 2.45) is 0 Å². The molecule has 0 aromatic heterocycles. The van der Waals surface area contributed by atoms with E-state index in [1.807, 2.05) is 16.7 Å². The molecule has 0 aliphatic carbocycles. The maximum absolute atomic E-state index is 13.2. The molecule has 136 valence electrons. The van der Waals surface area contributed by atoms with Gasteiger partial charge in [0.05, 0.1) is 11.0 Å². The van der Waals surface area contributed by atoms with Crippen molar-refractivity contribution in [3.05, 3.63) is 39.4 Å². The Hall–Kier alpha value is -1.60. The second-order valence-electron chi connectivity index (χ2n) is 6.80. The highest BCUT2D eigenvalue weighted by Crippen LogP contribution is 2.26. The van der Waals surface area contributed by atoms with Gasteiger partial charge in [-0.1, -0.05) is 6.07 Å². The van der Waals surface area contributed by atoms with E-state index >= 15 is 0 Å². The van der Waals surface area contributed by atoms with E-state index in [1.54, 1.807) is 19.1 Å². The Morgan fingerprint density at radius 1 is 1.28 bits per heavy atom. The summed E-state index contributed by atoms with van der Waals surface area (Å²) in [5, 5.41) is 11.2. The largest absolute Gasteiger partial charge is 0.334 e. The van der Waals surface area contributed by atoms with Crippen molar-refractivity contribution in [3.63, 3.8) is 0 Å². The smallest absolute Gasteiger partial charge is 0.273 e. The van der Waals surface area contributed by atoms with E-state index in [0.29, 0.717) is 11.1 Å². The summed E-state index contributed by atoms with van der Waals surface area (Å²) in [7, 11) is 0. The fraction of sp³-hybridized carbons (Fsp3) is 0.611. The van der Waals surface area contributed by atoms with Gasteiger partial charge < -0.3 is 9.80 Å². The molecule has 6 nitrogen and oxygen atoms in total. The van der Waals surface area contributed by atoms with Crippen LogP contribution >= 0.6 is 11.8 Å². The van der Waals surface area contributed by atoms with Crippen molar-refractivity contribution in [1.82, 2.24) is 9.80 Å². The number of carbonyl (C=O) groups is 1. The normalized spacial score (nSPS) is 22.0. The monoisotopic (exact) mass is 363 g/mol. The van der Waals surface area contributed by atoms with Gasteiger partial charge in [-0.3, -0.25) is 14.9 Å². The van der Waals surface area contributed by atoms with Crippen LogP contribution in [0.15, 0.2) is 18.2 Å². The average molecular weight is 363 g/mol. The third-order valence-electron chi connectivity index (χ3n) is 5.10. The lowest BCUT2D eigenvalue weighted by atomic mass is 10.0. The maximum atomic E-state index is 13.2. The molecule has 1 unspecified atom stereocenters. The van der Waals surface area contributed by atoms with Crippen LogP contribution < -0.4 is 0 Å². The number of amides is 1. The molecule has 0 radical (unpaired) electrons. The van der Waals surface area contributed by atoms with Crippen LogP contribution in [0.3, 0.4) is 0 Å². The minimum atomic E-state index is -0.411. The summed E-state index contributed by atoms with van der Waals surface area (Å²) in [6, 6.07) is 4.97. The first-order valence-corrected chi connectivity index (χ1v) is 10.1. The predicted octanol–water partition coefficient (Wildman–Crippen LogP) is 2.95. The minimum Gasteiger partial charge on any atom is -0.334 e. The van der Waals surface area contributed by atoms with E-state index in [4.69, 9.17) is 0 Å². The van der Waals surface area contributed by atoms with Gasteiger partial charge in [-0.05, 0) is 51.1 Å². The molecule has 7 heteroatoms. The molecule has 0 bridgehead atoms. The first-order chi connectivity index (χ1) is 12.1. The van der Waals surface area contributed by atoms with Gasteiger partial charge in [0.1, 0.15) is 0 Å². The van der Waals surface area contributed by atoms with E-state index in [1.165, 1.54) is 18.9 Å². The molecule has 2 aliphatic rings. The van der Waals surface area contributed by atoms with Gasteiger partial charge in [-0.25, -0.2) is 0 Å². The van der Waals surface area contributed by atoms with Crippen LogP contribution in [0, 0.1) is 17.0 Å². The van der Waals surface area contributed by atoms with Crippen LogP contribution in [0.1, 0.15) is 35.2 Å². The van der Waals surface area contributed by atoms with Gasteiger partial charge >= 0.3 is 0 Å². The molecular weight excluding hydrogens is 338 g/mol. The van der Waals surface area contributed by atoms with Crippen molar-refractivity contribution in [1.29, 1.82) is 0 Å². The van der Waals surface area contributed by atoms with E-state index in [-0.39, 0.29) is 17.6 Å². The highest BCUT2D eigenvalue weighted by molar-refractivity contribution is 7.99. The van der Waals surface area contributed by atoms with Gasteiger partial charge in [-0.15, -0.1) is 0 Å². The Labute approximate surface area is 152 Å². The molecule has 2 aliphatic heterocycles. The molecule has 25 heavy (non-hydrogen) atoms. The van der Waals surface area contributed by atoms with E-state index < -0.39 is 4.92 Å². The summed E-state index contributed by atoms with van der Waals surface area (Å²) >= 11 is 1.91. The van der Waals surface area contributed by atoms with E-state index in [9.17, 15) is 14.9 Å². The Kier molecular flexibility index (Phi) is 5.96. The van der Waals surface area contributed by atoms with Crippen molar-refractivity contribution in [2.75, 3.05) is 37.7 Å². The SMILES string of the molecule is Cc1c(C(=O)N2CCCSCC2CN2CCCC2)cccc1[N+](=O)[O-]. The first-order valence-electron chi connectivity index (χ1n) is 8.93. The standard InChI is InChI=1S/C18H25N3O3S/c1-14-16(6-4-7-17(14)21(23)24)18(22)20-10-5-11-25-13-15(20)12-19-8-2-3-9-19/h4,6-7,15H,2-3,5,8-13H2,1H3. The summed E-state index contributed by atoms with van der Waals surface area (Å²) in [5.74, 6) is 1.94. The summed E-state index contributed by atoms with van der Waals surface area (Å²) in [5.41, 5.74) is 0.952. The molecule has 1 aromatic rings. The molecule has 1 aromatic carbocycles. The zero-order valence-electron chi connectivity index (χ0n) is 14.6. The third-order valence-corrected chi connectivity index (χ3v) is 6.30. The molecule has 1 amide bonds. The van der Waals surface area contributed by atoms with Gasteiger partial charge in [-0.2, -0.15) is 11.8 Å². The Morgan fingerprint density at radius 2 is 2.04 bits per heavy atom. The summed E-state index contributed by atoms with van der Waals surface area (Å²) in [4.78, 5) is 28.4. The summed E-state index contributed by atoms with van der Waals surface area (Å²) in [6.45, 7) is 5.53. The second-order valence-corrected chi connectivity index (χ2v) is 7.95. The van der Waals surface area contributed by atoms with Crippen LogP contribution in [0.5, 0.6) is 0 Å². The molecule has 0 N–H and O–H groups in total. The number of benzene rings is 1. The van der Waals surface area contributed by atoms with Crippen LogP contribution in [-0.4, -0.2) is 64.4 Å². The number of likely N-dealkylation sites (tertiary alicyclic amines) is 1. The molecule has 3 rings (SSSR count). The van der Waals surface area contributed by atoms with Gasteiger partial charge in [0.25, 0.3) is 11.6 Å². The van der Waals surface area contributed by atoms with Crippen LogP contribution in [-0.2, 0) is 0 Å². The second kappa shape index (κ2) is 8.19. The lowest BCUT2D eigenvalue weighted by Crippen LogP contribution is -2.47. The highest BCUT2D eigenvalue weighted by atomic mass is 32.2. The number of thioether (sulfide) groups is 1. The summed E-state index contributed by atoms with van der Waals surface area (Å²) in [6.07, 6.45) is 3.44. The average Bonchev–Trinajstić information content (AvgIpc) is 2.99. The Morgan fingerprint density at radius 3 is 2.76 bits per heavy atom. The molecular formula is C18H25N3O3S. The van der Waals surface area contributed by atoms with Crippen LogP contribution in [0.2, 0.25) is 0 Å². The molecule has 0 saturated carbocycles. The Balaban J connectivity index is 1.84. The number of nitrogens with zero attached hydrogens (tertiary/aromatic N) is 3. The molecule has 0 spiro atoms. The Bertz CT molecular complexity index is 646. The molecule has 2 heterocycles. The summed E-state index contributed by atoms with van der Waals surface area (Å²) < 4.78 is 0. The zero-order valence-corrected chi connectivity index (χ0v) is 15.5. The number of hydrogen-bond acceptors (Lipinski definition) is 5. The lowest BCUT2D eigenvalue weighted by Gasteiger charge is -2.33. The maximum Gasteiger partial charge on any atom is 0.273 e. The van der Waals surface area contributed by atoms with Gasteiger partial charge in [0.15, 0.2) is 0 Å². The number of carbonyl (C=O) groups excluding carboxylic acids is 1. The minimum absolute atomic E-state index is 0.0196. The van der Waals surface area contributed by atoms with Gasteiger partial charge in [0, 0.05) is 36.0 Å². The molecule has 2 saturated heterocycles.